The highest BCUT2D eigenvalue weighted by molar-refractivity contribution is 6.10. The van der Waals surface area contributed by atoms with E-state index in [1.165, 1.54) is 36.8 Å². The van der Waals surface area contributed by atoms with Crippen molar-refractivity contribution in [2.24, 2.45) is 5.92 Å². The van der Waals surface area contributed by atoms with Crippen molar-refractivity contribution in [2.75, 3.05) is 0 Å². The van der Waals surface area contributed by atoms with Gasteiger partial charge in [-0.3, -0.25) is 4.98 Å². The fourth-order valence-corrected chi connectivity index (χ4v) is 4.52. The first kappa shape index (κ1) is 16.5. The summed E-state index contributed by atoms with van der Waals surface area (Å²) in [4.78, 5) is 9.26. The van der Waals surface area contributed by atoms with E-state index in [9.17, 15) is 0 Å². The quantitative estimate of drug-likeness (QED) is 0.427. The Hall–Kier alpha value is -2.68. The maximum atomic E-state index is 6.22. The average Bonchev–Trinajstić information content (AvgIpc) is 3.29. The largest absolute Gasteiger partial charge is 0.437 e. The Bertz CT molecular complexity index is 1140. The van der Waals surface area contributed by atoms with Crippen LogP contribution in [-0.2, 0) is 6.42 Å². The lowest BCUT2D eigenvalue weighted by Gasteiger charge is -2.10. The minimum Gasteiger partial charge on any atom is -0.437 e. The number of aromatic nitrogens is 2. The Morgan fingerprint density at radius 1 is 1.04 bits per heavy atom. The first-order chi connectivity index (χ1) is 13.2. The van der Waals surface area contributed by atoms with Gasteiger partial charge in [0.25, 0.3) is 0 Å². The minimum absolute atomic E-state index is 0.711. The van der Waals surface area contributed by atoms with Crippen molar-refractivity contribution in [3.63, 3.8) is 0 Å². The number of benzene rings is 1. The first-order valence-corrected chi connectivity index (χ1v) is 9.94. The van der Waals surface area contributed by atoms with Crippen LogP contribution in [-0.4, -0.2) is 9.97 Å². The van der Waals surface area contributed by atoms with Crippen molar-refractivity contribution in [1.29, 1.82) is 0 Å². The number of nitrogens with zero attached hydrogens (tertiary/aromatic N) is 2. The summed E-state index contributed by atoms with van der Waals surface area (Å²) in [5.74, 6) is 0.830. The summed E-state index contributed by atoms with van der Waals surface area (Å²) in [6, 6.07) is 12.9. The van der Waals surface area contributed by atoms with Gasteiger partial charge in [0.2, 0.25) is 5.71 Å². The summed E-state index contributed by atoms with van der Waals surface area (Å²) >= 11 is 0. The van der Waals surface area contributed by atoms with E-state index in [1.54, 1.807) is 0 Å². The van der Waals surface area contributed by atoms with Crippen LogP contribution in [0.15, 0.2) is 47.0 Å². The van der Waals surface area contributed by atoms with Gasteiger partial charge < -0.3 is 4.42 Å². The minimum atomic E-state index is 0.711. The SMILES string of the molecule is Cc1ccc2c(n1)oc1c(-c3cc(CC4CCCC4)ccn3)ccc(C)c12. The number of hydrogen-bond acceptors (Lipinski definition) is 3. The molecule has 1 saturated carbocycles. The van der Waals surface area contributed by atoms with Gasteiger partial charge in [-0.05, 0) is 67.6 Å². The van der Waals surface area contributed by atoms with Gasteiger partial charge >= 0.3 is 0 Å². The fraction of sp³-hybridized carbons (Fsp3) is 0.333. The van der Waals surface area contributed by atoms with E-state index in [-0.39, 0.29) is 0 Å². The van der Waals surface area contributed by atoms with Crippen molar-refractivity contribution in [2.45, 2.75) is 46.0 Å². The molecule has 4 aromatic rings. The molecule has 0 N–H and O–H groups in total. The molecule has 0 unspecified atom stereocenters. The summed E-state index contributed by atoms with van der Waals surface area (Å²) in [5.41, 5.74) is 7.21. The van der Waals surface area contributed by atoms with Gasteiger partial charge in [-0.25, -0.2) is 4.98 Å². The second-order valence-electron chi connectivity index (χ2n) is 7.95. The van der Waals surface area contributed by atoms with Crippen molar-refractivity contribution >= 4 is 22.1 Å². The van der Waals surface area contributed by atoms with E-state index in [1.807, 2.05) is 19.2 Å². The maximum Gasteiger partial charge on any atom is 0.227 e. The predicted molar refractivity (Wildman–Crippen MR) is 110 cm³/mol. The first-order valence-electron chi connectivity index (χ1n) is 9.94. The molecule has 0 saturated heterocycles. The Morgan fingerprint density at radius 3 is 2.74 bits per heavy atom. The Balaban J connectivity index is 1.64. The van der Waals surface area contributed by atoms with E-state index < -0.39 is 0 Å². The van der Waals surface area contributed by atoms with Crippen LogP contribution in [0, 0.1) is 19.8 Å². The van der Waals surface area contributed by atoms with Crippen LogP contribution in [0.25, 0.3) is 33.3 Å². The van der Waals surface area contributed by atoms with Crippen molar-refractivity contribution in [1.82, 2.24) is 9.97 Å². The molecule has 0 amide bonds. The van der Waals surface area contributed by atoms with Crippen LogP contribution >= 0.6 is 0 Å². The molecule has 5 rings (SSSR count). The second kappa shape index (κ2) is 6.49. The molecule has 1 fully saturated rings. The van der Waals surface area contributed by atoms with Gasteiger partial charge in [0, 0.05) is 28.2 Å². The Kier molecular flexibility index (Phi) is 3.96. The lowest BCUT2D eigenvalue weighted by molar-refractivity contribution is 0.546. The number of fused-ring (bicyclic) bond motifs is 3. The smallest absolute Gasteiger partial charge is 0.227 e. The molecule has 0 spiro atoms. The molecule has 0 aliphatic heterocycles. The molecule has 3 heterocycles. The van der Waals surface area contributed by atoms with Gasteiger partial charge in [-0.1, -0.05) is 31.7 Å². The van der Waals surface area contributed by atoms with Crippen LogP contribution in [0.2, 0.25) is 0 Å². The van der Waals surface area contributed by atoms with Gasteiger partial charge in [-0.2, -0.15) is 0 Å². The molecule has 3 heteroatoms. The zero-order chi connectivity index (χ0) is 18.4. The summed E-state index contributed by atoms with van der Waals surface area (Å²) < 4.78 is 6.22. The standard InChI is InChI=1S/C24H24N2O/c1-15-7-9-19(23-22(15)20-10-8-16(2)26-24(20)27-23)21-14-18(11-12-25-21)13-17-5-3-4-6-17/h7-12,14,17H,3-6,13H2,1-2H3. The van der Waals surface area contributed by atoms with Crippen molar-refractivity contribution in [3.05, 3.63) is 59.4 Å². The summed E-state index contributed by atoms with van der Waals surface area (Å²) in [6.07, 6.45) is 8.59. The summed E-state index contributed by atoms with van der Waals surface area (Å²) in [6.45, 7) is 4.12. The fourth-order valence-electron chi connectivity index (χ4n) is 4.52. The van der Waals surface area contributed by atoms with Gasteiger partial charge in [0.15, 0.2) is 0 Å². The van der Waals surface area contributed by atoms with Gasteiger partial charge in [-0.15, -0.1) is 0 Å². The molecule has 3 aromatic heterocycles. The summed E-state index contributed by atoms with van der Waals surface area (Å²) in [5, 5.41) is 2.23. The molecule has 136 valence electrons. The molecule has 1 aliphatic rings. The lowest BCUT2D eigenvalue weighted by Crippen LogP contribution is -1.99. The van der Waals surface area contributed by atoms with Crippen LogP contribution in [0.1, 0.15) is 42.5 Å². The normalized spacial score (nSPS) is 15.2. The van der Waals surface area contributed by atoms with E-state index in [2.05, 4.69) is 47.2 Å². The molecule has 0 atom stereocenters. The topological polar surface area (TPSA) is 38.9 Å². The Labute approximate surface area is 159 Å². The van der Waals surface area contributed by atoms with Crippen molar-refractivity contribution in [3.8, 4) is 11.3 Å². The highest BCUT2D eigenvalue weighted by atomic mass is 16.3. The van der Waals surface area contributed by atoms with Crippen LogP contribution in [0.3, 0.4) is 0 Å². The van der Waals surface area contributed by atoms with E-state index in [0.29, 0.717) is 5.71 Å². The summed E-state index contributed by atoms with van der Waals surface area (Å²) in [7, 11) is 0. The molecule has 0 bridgehead atoms. The van der Waals surface area contributed by atoms with Crippen LogP contribution in [0.4, 0.5) is 0 Å². The van der Waals surface area contributed by atoms with Gasteiger partial charge in [0.05, 0.1) is 5.69 Å². The molecular weight excluding hydrogens is 332 g/mol. The zero-order valence-corrected chi connectivity index (χ0v) is 16.0. The number of rotatable bonds is 3. The molecule has 0 radical (unpaired) electrons. The highest BCUT2D eigenvalue weighted by Gasteiger charge is 2.18. The highest BCUT2D eigenvalue weighted by Crippen LogP contribution is 2.37. The maximum absolute atomic E-state index is 6.22. The predicted octanol–water partition coefficient (Wildman–Crippen LogP) is 6.39. The molecule has 3 nitrogen and oxygen atoms in total. The van der Waals surface area contributed by atoms with Crippen LogP contribution in [0.5, 0.6) is 0 Å². The van der Waals surface area contributed by atoms with E-state index in [0.717, 1.165) is 45.6 Å². The molecule has 1 aliphatic carbocycles. The number of aryl methyl sites for hydroxylation is 2. The zero-order valence-electron chi connectivity index (χ0n) is 16.0. The number of pyridine rings is 2. The third-order valence-electron chi connectivity index (χ3n) is 5.93. The second-order valence-corrected chi connectivity index (χ2v) is 7.95. The van der Waals surface area contributed by atoms with E-state index >= 15 is 0 Å². The molecule has 27 heavy (non-hydrogen) atoms. The number of furan rings is 1. The van der Waals surface area contributed by atoms with Crippen molar-refractivity contribution < 1.29 is 4.42 Å². The van der Waals surface area contributed by atoms with Crippen LogP contribution < -0.4 is 0 Å². The third kappa shape index (κ3) is 2.91. The number of hydrogen-bond donors (Lipinski definition) is 0. The third-order valence-corrected chi connectivity index (χ3v) is 5.93. The molecule has 1 aromatic carbocycles. The monoisotopic (exact) mass is 356 g/mol. The average molecular weight is 356 g/mol. The van der Waals surface area contributed by atoms with Gasteiger partial charge in [0.1, 0.15) is 5.58 Å². The lowest BCUT2D eigenvalue weighted by atomic mass is 9.96. The Morgan fingerprint density at radius 2 is 1.89 bits per heavy atom. The van der Waals surface area contributed by atoms with E-state index in [4.69, 9.17) is 4.42 Å². The molecular formula is C24H24N2O.